The van der Waals surface area contributed by atoms with Crippen LogP contribution in [0.1, 0.15) is 18.4 Å². The fourth-order valence-corrected chi connectivity index (χ4v) is 2.89. The molecular formula is C19H16FN3O. The second-order valence-electron chi connectivity index (χ2n) is 6.02. The van der Waals surface area contributed by atoms with E-state index in [4.69, 9.17) is 0 Å². The number of amides is 1. The normalized spacial score (nSPS) is 15.0. The molecule has 120 valence electrons. The van der Waals surface area contributed by atoms with Gasteiger partial charge in [0.05, 0.1) is 11.1 Å². The zero-order chi connectivity index (χ0) is 16.6. The van der Waals surface area contributed by atoms with Crippen LogP contribution in [-0.4, -0.2) is 15.7 Å². The fraction of sp³-hybridized carbons (Fsp3) is 0.158. The molecule has 1 aliphatic carbocycles. The van der Waals surface area contributed by atoms with E-state index >= 15 is 0 Å². The number of nitrogens with one attached hydrogen (secondary N) is 1. The molecule has 0 aliphatic heterocycles. The number of carbonyl (C=O) groups excluding carboxylic acids is 1. The van der Waals surface area contributed by atoms with Gasteiger partial charge in [-0.25, -0.2) is 9.07 Å². The predicted molar refractivity (Wildman–Crippen MR) is 89.5 cm³/mol. The highest BCUT2D eigenvalue weighted by Gasteiger charge is 2.51. The maximum Gasteiger partial charge on any atom is 0.236 e. The van der Waals surface area contributed by atoms with Gasteiger partial charge >= 0.3 is 0 Å². The van der Waals surface area contributed by atoms with Gasteiger partial charge in [-0.05, 0) is 42.7 Å². The van der Waals surface area contributed by atoms with E-state index in [2.05, 4.69) is 10.4 Å². The quantitative estimate of drug-likeness (QED) is 0.797. The van der Waals surface area contributed by atoms with E-state index in [0.717, 1.165) is 24.1 Å². The van der Waals surface area contributed by atoms with Gasteiger partial charge in [0, 0.05) is 12.3 Å². The first-order valence-electron chi connectivity index (χ1n) is 7.86. The molecule has 1 heterocycles. The topological polar surface area (TPSA) is 46.9 Å². The van der Waals surface area contributed by atoms with Crippen LogP contribution >= 0.6 is 0 Å². The SMILES string of the molecule is O=C(Nc1ccn(-c2ccccc2)n1)C1(c2ccc(F)cc2)CC1. The van der Waals surface area contributed by atoms with Crippen LogP contribution in [0.5, 0.6) is 0 Å². The van der Waals surface area contributed by atoms with Crippen LogP contribution in [-0.2, 0) is 10.2 Å². The number of nitrogens with zero attached hydrogens (tertiary/aromatic N) is 2. The van der Waals surface area contributed by atoms with Crippen molar-refractivity contribution in [1.29, 1.82) is 0 Å². The minimum atomic E-state index is -0.551. The third-order valence-electron chi connectivity index (χ3n) is 4.43. The van der Waals surface area contributed by atoms with E-state index in [9.17, 15) is 9.18 Å². The fourth-order valence-electron chi connectivity index (χ4n) is 2.89. The molecule has 0 spiro atoms. The van der Waals surface area contributed by atoms with Gasteiger partial charge in [-0.3, -0.25) is 4.79 Å². The summed E-state index contributed by atoms with van der Waals surface area (Å²) >= 11 is 0. The first kappa shape index (κ1) is 14.6. The van der Waals surface area contributed by atoms with Crippen LogP contribution in [0.15, 0.2) is 66.9 Å². The number of hydrogen-bond donors (Lipinski definition) is 1. The van der Waals surface area contributed by atoms with Crippen LogP contribution in [0.4, 0.5) is 10.2 Å². The van der Waals surface area contributed by atoms with Crippen LogP contribution in [0, 0.1) is 5.82 Å². The Kier molecular flexibility index (Phi) is 3.41. The van der Waals surface area contributed by atoms with E-state index in [1.54, 1.807) is 22.9 Å². The first-order chi connectivity index (χ1) is 11.7. The van der Waals surface area contributed by atoms with Crippen LogP contribution in [0.25, 0.3) is 5.69 Å². The standard InChI is InChI=1S/C19H16FN3O/c20-15-8-6-14(7-9-15)19(11-12-19)18(24)21-17-10-13-23(22-17)16-4-2-1-3-5-16/h1-10,13H,11-12H2,(H,21,22,24). The van der Waals surface area contributed by atoms with Gasteiger partial charge in [0.1, 0.15) is 5.82 Å². The molecule has 24 heavy (non-hydrogen) atoms. The van der Waals surface area contributed by atoms with Crippen molar-refractivity contribution in [2.24, 2.45) is 0 Å². The number of benzene rings is 2. The molecule has 4 rings (SSSR count). The molecule has 1 aromatic heterocycles. The summed E-state index contributed by atoms with van der Waals surface area (Å²) in [5, 5.41) is 7.28. The smallest absolute Gasteiger partial charge is 0.236 e. The molecule has 0 atom stereocenters. The van der Waals surface area contributed by atoms with Crippen molar-refractivity contribution in [1.82, 2.24) is 9.78 Å². The summed E-state index contributed by atoms with van der Waals surface area (Å²) < 4.78 is 14.8. The van der Waals surface area contributed by atoms with Crippen LogP contribution in [0.2, 0.25) is 0 Å². The zero-order valence-corrected chi connectivity index (χ0v) is 12.9. The summed E-state index contributed by atoms with van der Waals surface area (Å²) in [5.41, 5.74) is 1.23. The highest BCUT2D eigenvalue weighted by Crippen LogP contribution is 2.48. The molecule has 4 nitrogen and oxygen atoms in total. The van der Waals surface area contributed by atoms with E-state index in [1.807, 2.05) is 36.5 Å². The zero-order valence-electron chi connectivity index (χ0n) is 12.9. The van der Waals surface area contributed by atoms with Crippen molar-refractivity contribution < 1.29 is 9.18 Å². The predicted octanol–water partition coefficient (Wildman–Crippen LogP) is 3.68. The second-order valence-corrected chi connectivity index (χ2v) is 6.02. The third-order valence-corrected chi connectivity index (χ3v) is 4.43. The number of carbonyl (C=O) groups is 1. The Bertz CT molecular complexity index is 867. The monoisotopic (exact) mass is 321 g/mol. The minimum Gasteiger partial charge on any atom is -0.308 e. The molecule has 1 amide bonds. The van der Waals surface area contributed by atoms with Gasteiger partial charge < -0.3 is 5.32 Å². The molecule has 0 bridgehead atoms. The Morgan fingerprint density at radius 3 is 2.42 bits per heavy atom. The van der Waals surface area contributed by atoms with Gasteiger partial charge in [0.15, 0.2) is 5.82 Å². The lowest BCUT2D eigenvalue weighted by Crippen LogP contribution is -2.28. The largest absolute Gasteiger partial charge is 0.308 e. The van der Waals surface area contributed by atoms with Gasteiger partial charge in [-0.2, -0.15) is 5.10 Å². The molecule has 5 heteroatoms. The molecule has 2 aromatic carbocycles. The highest BCUT2D eigenvalue weighted by atomic mass is 19.1. The summed E-state index contributed by atoms with van der Waals surface area (Å²) in [5.74, 6) is 0.126. The van der Waals surface area contributed by atoms with Gasteiger partial charge in [0.25, 0.3) is 0 Å². The summed E-state index contributed by atoms with van der Waals surface area (Å²) in [6.07, 6.45) is 3.34. The number of anilines is 1. The molecule has 0 saturated heterocycles. The summed E-state index contributed by atoms with van der Waals surface area (Å²) in [6, 6.07) is 17.6. The van der Waals surface area contributed by atoms with Crippen molar-refractivity contribution >= 4 is 11.7 Å². The molecule has 1 fully saturated rings. The Morgan fingerprint density at radius 1 is 1.04 bits per heavy atom. The van der Waals surface area contributed by atoms with Crippen molar-refractivity contribution in [2.75, 3.05) is 5.32 Å². The second kappa shape index (κ2) is 5.60. The van der Waals surface area contributed by atoms with E-state index in [-0.39, 0.29) is 11.7 Å². The maximum atomic E-state index is 13.1. The molecule has 0 unspecified atom stereocenters. The molecule has 0 radical (unpaired) electrons. The average molecular weight is 321 g/mol. The first-order valence-corrected chi connectivity index (χ1v) is 7.86. The van der Waals surface area contributed by atoms with E-state index in [1.165, 1.54) is 12.1 Å². The Labute approximate surface area is 138 Å². The summed E-state index contributed by atoms with van der Waals surface area (Å²) in [6.45, 7) is 0. The number of para-hydroxylation sites is 1. The lowest BCUT2D eigenvalue weighted by molar-refractivity contribution is -0.118. The lowest BCUT2D eigenvalue weighted by Gasteiger charge is -2.14. The van der Waals surface area contributed by atoms with E-state index in [0.29, 0.717) is 5.82 Å². The number of aromatic nitrogens is 2. The maximum absolute atomic E-state index is 13.1. The molecule has 3 aromatic rings. The van der Waals surface area contributed by atoms with Gasteiger partial charge in [0.2, 0.25) is 5.91 Å². The molecule has 1 aliphatic rings. The van der Waals surface area contributed by atoms with Gasteiger partial charge in [-0.1, -0.05) is 30.3 Å². The van der Waals surface area contributed by atoms with E-state index < -0.39 is 5.41 Å². The molecule has 1 saturated carbocycles. The molecular weight excluding hydrogens is 305 g/mol. The third kappa shape index (κ3) is 2.58. The summed E-state index contributed by atoms with van der Waals surface area (Å²) in [4.78, 5) is 12.7. The number of hydrogen-bond acceptors (Lipinski definition) is 2. The van der Waals surface area contributed by atoms with Gasteiger partial charge in [-0.15, -0.1) is 0 Å². The van der Waals surface area contributed by atoms with Crippen molar-refractivity contribution in [3.8, 4) is 5.69 Å². The Morgan fingerprint density at radius 2 is 1.75 bits per heavy atom. The molecule has 1 N–H and O–H groups in total. The summed E-state index contributed by atoms with van der Waals surface area (Å²) in [7, 11) is 0. The van der Waals surface area contributed by atoms with Crippen molar-refractivity contribution in [3.63, 3.8) is 0 Å². The number of rotatable bonds is 4. The van der Waals surface area contributed by atoms with Crippen molar-refractivity contribution in [2.45, 2.75) is 18.3 Å². The Balaban J connectivity index is 1.53. The van der Waals surface area contributed by atoms with Crippen LogP contribution in [0.3, 0.4) is 0 Å². The number of halogens is 1. The average Bonchev–Trinajstić information content (AvgIpc) is 3.30. The highest BCUT2D eigenvalue weighted by molar-refractivity contribution is 6.00. The minimum absolute atomic E-state index is 0.0904. The lowest BCUT2D eigenvalue weighted by atomic mass is 9.95. The van der Waals surface area contributed by atoms with Crippen LogP contribution < -0.4 is 5.32 Å². The van der Waals surface area contributed by atoms with Crippen molar-refractivity contribution in [3.05, 3.63) is 78.2 Å². The Hall–Kier alpha value is -2.95.